The summed E-state index contributed by atoms with van der Waals surface area (Å²) in [6.45, 7) is 3.62. The molecule has 1 N–H and O–H groups in total. The molecule has 0 amide bonds. The van der Waals surface area contributed by atoms with Gasteiger partial charge in [0.1, 0.15) is 17.1 Å². The minimum atomic E-state index is -0.715. The quantitative estimate of drug-likeness (QED) is 0.418. The molecule has 3 aromatic rings. The molecule has 2 aromatic carbocycles. The number of hydrogen-bond donors (Lipinski definition) is 1. The summed E-state index contributed by atoms with van der Waals surface area (Å²) in [5.41, 5.74) is 1.98. The molecule has 10 heteroatoms. The highest BCUT2D eigenvalue weighted by Gasteiger charge is 2.24. The fourth-order valence-electron chi connectivity index (χ4n) is 2.50. The van der Waals surface area contributed by atoms with E-state index in [1.54, 1.807) is 37.3 Å². The van der Waals surface area contributed by atoms with Gasteiger partial charge in [-0.15, -0.1) is 0 Å². The van der Waals surface area contributed by atoms with Crippen LogP contribution in [0.4, 0.5) is 11.5 Å². The summed E-state index contributed by atoms with van der Waals surface area (Å²) in [6, 6.07) is 10.1. The molecular formula is C17H16ClN5O4. The maximum Gasteiger partial charge on any atom is 0.438 e. The molecule has 0 saturated carbocycles. The van der Waals surface area contributed by atoms with Crippen LogP contribution in [0.5, 0.6) is 5.75 Å². The Morgan fingerprint density at radius 3 is 2.67 bits per heavy atom. The molecule has 0 spiro atoms. The van der Waals surface area contributed by atoms with Crippen LogP contribution in [0, 0.1) is 24.0 Å². The number of benzene rings is 2. The Bertz CT molecular complexity index is 1100. The van der Waals surface area contributed by atoms with Crippen LogP contribution in [0.25, 0.3) is 5.69 Å². The highest BCUT2D eigenvalue weighted by molar-refractivity contribution is 6.31. The van der Waals surface area contributed by atoms with Crippen molar-refractivity contribution in [2.75, 3.05) is 7.11 Å². The van der Waals surface area contributed by atoms with Gasteiger partial charge in [-0.1, -0.05) is 28.6 Å². The average molecular weight is 390 g/mol. The third-order valence-electron chi connectivity index (χ3n) is 3.85. The monoisotopic (exact) mass is 389 g/mol. The number of nitrogens with zero attached hydrogens (tertiary/aromatic N) is 5. The first-order chi connectivity index (χ1) is 12.8. The standard InChI is InChI=1S/C17H16ClN5O4/c1-10-5-4-6-12(7-10)21-20-17(23(25)26)16(22(21)24)19-14-8-11(2)13(18)9-15(14)27-3/h4-9,24H,1-3H3. The van der Waals surface area contributed by atoms with Gasteiger partial charge in [-0.2, -0.15) is 0 Å². The lowest BCUT2D eigenvalue weighted by molar-refractivity contribution is -0.391. The second kappa shape index (κ2) is 7.12. The number of methoxy groups -OCH3 is 1. The van der Waals surface area contributed by atoms with Gasteiger partial charge in [0.05, 0.1) is 12.2 Å². The van der Waals surface area contributed by atoms with Crippen LogP contribution in [0.3, 0.4) is 0 Å². The van der Waals surface area contributed by atoms with E-state index >= 15 is 0 Å². The molecule has 0 fully saturated rings. The normalized spacial score (nSPS) is 11.6. The topological polar surface area (TPSA) is 108 Å². The van der Waals surface area contributed by atoms with Gasteiger partial charge in [-0.05, 0) is 52.9 Å². The summed E-state index contributed by atoms with van der Waals surface area (Å²) >= 11 is 6.08. The van der Waals surface area contributed by atoms with Crippen LogP contribution in [-0.2, 0) is 0 Å². The first kappa shape index (κ1) is 18.5. The number of aromatic nitrogens is 3. The van der Waals surface area contributed by atoms with Crippen LogP contribution in [0.1, 0.15) is 11.1 Å². The summed E-state index contributed by atoms with van der Waals surface area (Å²) in [4.78, 5) is 16.5. The lowest BCUT2D eigenvalue weighted by Crippen LogP contribution is -2.22. The molecule has 0 aliphatic rings. The third kappa shape index (κ3) is 3.49. The van der Waals surface area contributed by atoms with E-state index in [0.29, 0.717) is 26.9 Å². The molecule has 1 heterocycles. The minimum absolute atomic E-state index is 0.272. The average Bonchev–Trinajstić information content (AvgIpc) is 2.95. The highest BCUT2D eigenvalue weighted by atomic mass is 35.5. The molecule has 0 bridgehead atoms. The number of halogens is 1. The second-order valence-electron chi connectivity index (χ2n) is 5.81. The van der Waals surface area contributed by atoms with Crippen molar-refractivity contribution in [2.24, 2.45) is 4.99 Å². The van der Waals surface area contributed by atoms with E-state index < -0.39 is 10.7 Å². The van der Waals surface area contributed by atoms with Crippen molar-refractivity contribution in [3.63, 3.8) is 0 Å². The summed E-state index contributed by atoms with van der Waals surface area (Å²) in [5, 5.41) is 26.3. The van der Waals surface area contributed by atoms with Crippen molar-refractivity contribution in [3.8, 4) is 11.4 Å². The van der Waals surface area contributed by atoms with Crippen LogP contribution in [0.15, 0.2) is 41.4 Å². The van der Waals surface area contributed by atoms with Crippen LogP contribution >= 0.6 is 11.6 Å². The molecule has 0 unspecified atom stereocenters. The Labute approximate surface area is 158 Å². The molecule has 140 valence electrons. The van der Waals surface area contributed by atoms with Gasteiger partial charge < -0.3 is 20.1 Å². The Morgan fingerprint density at radius 1 is 1.30 bits per heavy atom. The zero-order chi connectivity index (χ0) is 19.7. The fraction of sp³-hybridized carbons (Fsp3) is 0.176. The molecule has 9 nitrogen and oxygen atoms in total. The smallest absolute Gasteiger partial charge is 0.438 e. The maximum atomic E-state index is 11.4. The largest absolute Gasteiger partial charge is 0.494 e. The van der Waals surface area contributed by atoms with Crippen molar-refractivity contribution in [3.05, 3.63) is 68.1 Å². The number of hydrogen-bond acceptors (Lipinski definition) is 6. The predicted molar refractivity (Wildman–Crippen MR) is 98.1 cm³/mol. The third-order valence-corrected chi connectivity index (χ3v) is 4.26. The molecule has 0 radical (unpaired) electrons. The van der Waals surface area contributed by atoms with Crippen molar-refractivity contribution >= 4 is 23.1 Å². The number of ether oxygens (including phenoxy) is 1. The van der Waals surface area contributed by atoms with Crippen LogP contribution < -0.4 is 10.2 Å². The molecule has 3 rings (SSSR count). The lowest BCUT2D eigenvalue weighted by Gasteiger charge is -2.06. The van der Waals surface area contributed by atoms with E-state index in [1.807, 2.05) is 13.0 Å². The zero-order valence-electron chi connectivity index (χ0n) is 14.8. The van der Waals surface area contributed by atoms with E-state index in [1.165, 1.54) is 7.11 Å². The van der Waals surface area contributed by atoms with Crippen molar-refractivity contribution in [1.82, 2.24) is 14.7 Å². The molecule has 27 heavy (non-hydrogen) atoms. The second-order valence-corrected chi connectivity index (χ2v) is 6.21. The Kier molecular flexibility index (Phi) is 4.87. The van der Waals surface area contributed by atoms with Gasteiger partial charge in [-0.25, -0.2) is 4.99 Å². The van der Waals surface area contributed by atoms with Gasteiger partial charge in [0.2, 0.25) is 0 Å². The van der Waals surface area contributed by atoms with Gasteiger partial charge in [0.15, 0.2) is 0 Å². The minimum Gasteiger partial charge on any atom is -0.494 e. The van der Waals surface area contributed by atoms with Crippen LogP contribution in [-0.4, -0.2) is 32.0 Å². The first-order valence-electron chi connectivity index (χ1n) is 7.83. The van der Waals surface area contributed by atoms with Gasteiger partial charge in [0.25, 0.3) is 5.49 Å². The van der Waals surface area contributed by atoms with Crippen LogP contribution in [0.2, 0.25) is 5.02 Å². The number of nitro groups is 1. The molecular weight excluding hydrogens is 374 g/mol. The Morgan fingerprint density at radius 2 is 2.04 bits per heavy atom. The van der Waals surface area contributed by atoms with E-state index in [-0.39, 0.29) is 11.2 Å². The summed E-state index contributed by atoms with van der Waals surface area (Å²) in [7, 11) is 1.43. The molecule has 1 aromatic heterocycles. The molecule has 0 saturated heterocycles. The SMILES string of the molecule is COc1cc(Cl)c(C)cc1N=c1c([N+](=O)[O-])nn(-c2cccc(C)c2)n1O. The van der Waals surface area contributed by atoms with Gasteiger partial charge >= 0.3 is 5.82 Å². The molecule has 0 aliphatic heterocycles. The van der Waals surface area contributed by atoms with Crippen molar-refractivity contribution in [1.29, 1.82) is 0 Å². The predicted octanol–water partition coefficient (Wildman–Crippen LogP) is 3.33. The highest BCUT2D eigenvalue weighted by Crippen LogP contribution is 2.32. The first-order valence-corrected chi connectivity index (χ1v) is 8.21. The Balaban J connectivity index is 2.29. The van der Waals surface area contributed by atoms with E-state index in [0.717, 1.165) is 10.4 Å². The van der Waals surface area contributed by atoms with Gasteiger partial charge in [-0.3, -0.25) is 0 Å². The summed E-state index contributed by atoms with van der Waals surface area (Å²) in [6.07, 6.45) is 0. The molecule has 0 aliphatic carbocycles. The van der Waals surface area contributed by atoms with Crippen molar-refractivity contribution in [2.45, 2.75) is 13.8 Å². The Hall–Kier alpha value is -3.33. The fourth-order valence-corrected chi connectivity index (χ4v) is 2.65. The maximum absolute atomic E-state index is 11.4. The lowest BCUT2D eigenvalue weighted by atomic mass is 10.2. The van der Waals surface area contributed by atoms with E-state index in [4.69, 9.17) is 16.3 Å². The number of aryl methyl sites for hydroxylation is 2. The van der Waals surface area contributed by atoms with Gasteiger partial charge in [0, 0.05) is 11.1 Å². The zero-order valence-corrected chi connectivity index (χ0v) is 15.5. The summed E-state index contributed by atoms with van der Waals surface area (Å²) < 4.78 is 5.23. The van der Waals surface area contributed by atoms with E-state index in [9.17, 15) is 15.3 Å². The van der Waals surface area contributed by atoms with Crippen molar-refractivity contribution < 1.29 is 14.9 Å². The number of rotatable bonds is 4. The van der Waals surface area contributed by atoms with E-state index in [2.05, 4.69) is 10.1 Å². The summed E-state index contributed by atoms with van der Waals surface area (Å²) in [5.74, 6) is -0.295. The molecule has 0 atom stereocenters.